The molecule has 0 saturated heterocycles. The number of hydrogen-bond acceptors (Lipinski definition) is 4. The number of anilines is 3. The molecule has 0 spiro atoms. The Hall–Kier alpha value is -6.18. The van der Waals surface area contributed by atoms with Gasteiger partial charge in [0.05, 0.1) is 0 Å². The van der Waals surface area contributed by atoms with Crippen molar-refractivity contribution in [3.8, 4) is 33.8 Å². The third kappa shape index (κ3) is 6.55. The number of fused-ring (bicyclic) bond motifs is 4. The van der Waals surface area contributed by atoms with Crippen LogP contribution >= 0.6 is 16.6 Å². The summed E-state index contributed by atoms with van der Waals surface area (Å²) >= 11 is 0. The van der Waals surface area contributed by atoms with Crippen molar-refractivity contribution in [1.29, 1.82) is 0 Å². The molecule has 0 saturated carbocycles. The fraction of sp³-hybridized carbons (Fsp3) is 0.0204. The lowest BCUT2D eigenvalue weighted by molar-refractivity contribution is 0.611. The summed E-state index contributed by atoms with van der Waals surface area (Å²) in [7, 11) is -2.53. The van der Waals surface area contributed by atoms with Crippen molar-refractivity contribution in [3.05, 3.63) is 224 Å². The second kappa shape index (κ2) is 15.3. The van der Waals surface area contributed by atoms with Crippen molar-refractivity contribution < 1.29 is 9.05 Å². The van der Waals surface area contributed by atoms with E-state index < -0.39 is 16.6 Å². The van der Waals surface area contributed by atoms with E-state index in [9.17, 15) is 0 Å². The topological polar surface area (TPSA) is 24.9 Å². The first-order valence-electron chi connectivity index (χ1n) is 18.3. The smallest absolute Gasteiger partial charge is 0.230 e. The fourth-order valence-corrected chi connectivity index (χ4v) is 11.3. The molecular formula is C49H38N2O2P2. The molecule has 6 aromatic rings. The Bertz CT molecular complexity index is 2520. The molecule has 0 N–H and O–H groups in total. The van der Waals surface area contributed by atoms with Crippen molar-refractivity contribution in [2.45, 2.75) is 6.42 Å². The van der Waals surface area contributed by atoms with Crippen molar-refractivity contribution >= 4 is 44.5 Å². The van der Waals surface area contributed by atoms with Gasteiger partial charge in [0.1, 0.15) is 11.5 Å². The maximum atomic E-state index is 6.89. The van der Waals surface area contributed by atoms with E-state index >= 15 is 0 Å². The van der Waals surface area contributed by atoms with Gasteiger partial charge in [-0.05, 0) is 82.9 Å². The molecule has 0 fully saturated rings. The molecule has 55 heavy (non-hydrogen) atoms. The van der Waals surface area contributed by atoms with Gasteiger partial charge >= 0.3 is 0 Å². The average Bonchev–Trinajstić information content (AvgIpc) is 3.54. The summed E-state index contributed by atoms with van der Waals surface area (Å²) in [6.07, 6.45) is 15.3. The normalized spacial score (nSPS) is 16.6. The highest BCUT2D eigenvalue weighted by Crippen LogP contribution is 2.61. The summed E-state index contributed by atoms with van der Waals surface area (Å²) in [5.74, 6) is 1.76. The molecule has 0 radical (unpaired) electrons. The first-order valence-corrected chi connectivity index (χ1v) is 20.8. The van der Waals surface area contributed by atoms with Crippen LogP contribution in [0.5, 0.6) is 11.5 Å². The lowest BCUT2D eigenvalue weighted by atomic mass is 10.0. The summed E-state index contributed by atoms with van der Waals surface area (Å²) < 4.78 is 18.5. The van der Waals surface area contributed by atoms with Crippen molar-refractivity contribution in [3.63, 3.8) is 0 Å². The van der Waals surface area contributed by atoms with Gasteiger partial charge in [-0.1, -0.05) is 147 Å². The number of rotatable bonds is 9. The first-order chi connectivity index (χ1) is 27.2. The molecule has 2 heterocycles. The SMILES string of the molecule is C=CC1=C(C=C)P(N(C2=CC=CC=CC2)c2ccc(-c3ccc(N(c4ccccc4)P4Oc5ccccc5-c5ccccc54)cc3)cc2)Oc2ccccc21. The van der Waals surface area contributed by atoms with E-state index in [2.05, 4.69) is 180 Å². The molecule has 9 rings (SSSR count). The average molecular weight is 749 g/mol. The van der Waals surface area contributed by atoms with Crippen LogP contribution in [0, 0.1) is 0 Å². The van der Waals surface area contributed by atoms with Gasteiger partial charge in [-0.25, -0.2) is 0 Å². The zero-order valence-electron chi connectivity index (χ0n) is 30.2. The molecule has 4 nitrogen and oxygen atoms in total. The highest BCUT2D eigenvalue weighted by atomic mass is 31.2. The highest BCUT2D eigenvalue weighted by molar-refractivity contribution is 7.63. The van der Waals surface area contributed by atoms with Crippen LogP contribution in [0.4, 0.5) is 17.1 Å². The van der Waals surface area contributed by atoms with Gasteiger partial charge in [0.2, 0.25) is 16.6 Å². The maximum absolute atomic E-state index is 6.89. The molecule has 2 aliphatic heterocycles. The van der Waals surface area contributed by atoms with Crippen LogP contribution in [0.1, 0.15) is 12.0 Å². The van der Waals surface area contributed by atoms with Gasteiger partial charge in [0.15, 0.2) is 0 Å². The molecule has 2 unspecified atom stereocenters. The van der Waals surface area contributed by atoms with Gasteiger partial charge in [-0.2, -0.15) is 0 Å². The summed E-state index contributed by atoms with van der Waals surface area (Å²) in [6, 6.07) is 53.3. The number of benzene rings is 6. The summed E-state index contributed by atoms with van der Waals surface area (Å²) in [4.78, 5) is 0. The Kier molecular flexibility index (Phi) is 9.61. The summed E-state index contributed by atoms with van der Waals surface area (Å²) in [6.45, 7) is 8.42. The van der Waals surface area contributed by atoms with Crippen LogP contribution in [0.2, 0.25) is 0 Å². The number of para-hydroxylation sites is 3. The Balaban J connectivity index is 1.06. The van der Waals surface area contributed by atoms with Crippen molar-refractivity contribution in [2.75, 3.05) is 9.34 Å². The van der Waals surface area contributed by atoms with Gasteiger partial charge in [-0.3, -0.25) is 9.34 Å². The maximum Gasteiger partial charge on any atom is 0.230 e. The van der Waals surface area contributed by atoms with E-state index in [1.54, 1.807) is 0 Å². The minimum absolute atomic E-state index is 0.772. The van der Waals surface area contributed by atoms with Crippen LogP contribution in [-0.4, -0.2) is 0 Å². The lowest BCUT2D eigenvalue weighted by Crippen LogP contribution is -2.25. The third-order valence-corrected chi connectivity index (χ3v) is 13.9. The van der Waals surface area contributed by atoms with Crippen LogP contribution in [0.3, 0.4) is 0 Å². The van der Waals surface area contributed by atoms with Crippen LogP contribution in [0.15, 0.2) is 218 Å². The summed E-state index contributed by atoms with van der Waals surface area (Å²) in [5, 5.41) is 2.24. The largest absolute Gasteiger partial charge is 0.448 e. The molecule has 2 atom stereocenters. The van der Waals surface area contributed by atoms with E-state index in [-0.39, 0.29) is 0 Å². The van der Waals surface area contributed by atoms with Gasteiger partial charge in [0.25, 0.3) is 0 Å². The second-order valence-corrected chi connectivity index (χ2v) is 16.4. The number of hydrogen-bond donors (Lipinski definition) is 0. The number of nitrogens with zero attached hydrogens (tertiary/aromatic N) is 2. The Morgan fingerprint density at radius 1 is 0.491 bits per heavy atom. The highest BCUT2D eigenvalue weighted by Gasteiger charge is 2.35. The van der Waals surface area contributed by atoms with Crippen molar-refractivity contribution in [2.24, 2.45) is 0 Å². The predicted molar refractivity (Wildman–Crippen MR) is 234 cm³/mol. The molecule has 266 valence electrons. The molecule has 0 aromatic heterocycles. The molecule has 6 aromatic carbocycles. The van der Waals surface area contributed by atoms with Crippen LogP contribution in [0.25, 0.3) is 27.8 Å². The van der Waals surface area contributed by atoms with E-state index in [4.69, 9.17) is 9.05 Å². The second-order valence-electron chi connectivity index (χ2n) is 13.2. The predicted octanol–water partition coefficient (Wildman–Crippen LogP) is 13.9. The van der Waals surface area contributed by atoms with E-state index in [0.717, 1.165) is 73.8 Å². The standard InChI is InChI=1S/C49H38N2O2P2/c1-3-42-43-22-12-15-25-46(43)52-54(48(42)4-2)50(38-18-8-5-6-9-19-38)40-32-28-36(29-33-40)37-30-34-41(35-31-37)51(39-20-10-7-11-21-39)55-49-27-17-14-24-45(49)44-23-13-16-26-47(44)53-55/h3-18,20-35H,1-2,19H2. The van der Waals surface area contributed by atoms with Gasteiger partial charge < -0.3 is 9.05 Å². The molecule has 6 heteroatoms. The van der Waals surface area contributed by atoms with Crippen LogP contribution in [-0.2, 0) is 0 Å². The Morgan fingerprint density at radius 3 is 1.75 bits per heavy atom. The molecule has 0 amide bonds. The monoisotopic (exact) mass is 748 g/mol. The molecule has 1 aliphatic carbocycles. The molecule has 3 aliphatic rings. The van der Waals surface area contributed by atoms with Crippen LogP contribution < -0.4 is 23.7 Å². The summed E-state index contributed by atoms with van der Waals surface area (Å²) in [5.41, 5.74) is 11.0. The number of allylic oxidation sites excluding steroid dienone is 9. The lowest BCUT2D eigenvalue weighted by Gasteiger charge is -2.38. The van der Waals surface area contributed by atoms with E-state index in [0.29, 0.717) is 0 Å². The van der Waals surface area contributed by atoms with Crippen molar-refractivity contribution in [1.82, 2.24) is 0 Å². The van der Waals surface area contributed by atoms with E-state index in [1.807, 2.05) is 36.4 Å². The quantitative estimate of drug-likeness (QED) is 0.138. The molecular weight excluding hydrogens is 710 g/mol. The Labute approximate surface area is 325 Å². The fourth-order valence-electron chi connectivity index (χ4n) is 7.26. The van der Waals surface area contributed by atoms with Gasteiger partial charge in [0, 0.05) is 50.9 Å². The molecule has 0 bridgehead atoms. The third-order valence-electron chi connectivity index (χ3n) is 9.88. The van der Waals surface area contributed by atoms with E-state index in [1.165, 1.54) is 10.9 Å². The zero-order chi connectivity index (χ0) is 37.1. The van der Waals surface area contributed by atoms with Gasteiger partial charge in [-0.15, -0.1) is 0 Å². The minimum atomic E-state index is -1.31. The minimum Gasteiger partial charge on any atom is -0.448 e. The first kappa shape index (κ1) is 34.6. The zero-order valence-corrected chi connectivity index (χ0v) is 32.0. The Morgan fingerprint density at radius 2 is 1.05 bits per heavy atom.